The molecule has 0 saturated carbocycles. The Labute approximate surface area is 90.8 Å². The van der Waals surface area contributed by atoms with Crippen LogP contribution in [0.3, 0.4) is 0 Å². The number of likely N-dealkylation sites (tertiary alicyclic amines) is 1. The van der Waals surface area contributed by atoms with Gasteiger partial charge in [0.15, 0.2) is 0 Å². The van der Waals surface area contributed by atoms with Crippen LogP contribution in [0.4, 0.5) is 0 Å². The number of Topliss-reactive ketones (excluding diaryl/α,β-unsaturated/α-hetero) is 1. The first-order valence-electron chi connectivity index (χ1n) is 5.23. The third-order valence-corrected chi connectivity index (χ3v) is 3.03. The van der Waals surface area contributed by atoms with Gasteiger partial charge < -0.3 is 5.73 Å². The minimum absolute atomic E-state index is 0.216. The Morgan fingerprint density at radius 2 is 1.67 bits per heavy atom. The predicted octanol–water partition coefficient (Wildman–Crippen LogP) is 0.694. The largest absolute Gasteiger partial charge is 0.369 e. The van der Waals surface area contributed by atoms with E-state index in [0.717, 1.165) is 0 Å². The van der Waals surface area contributed by atoms with Crippen LogP contribution in [0.5, 0.6) is 0 Å². The minimum Gasteiger partial charge on any atom is -0.369 e. The van der Waals surface area contributed by atoms with Crippen molar-refractivity contribution in [1.29, 1.82) is 0 Å². The van der Waals surface area contributed by atoms with Crippen LogP contribution in [-0.2, 0) is 9.59 Å². The van der Waals surface area contributed by atoms with E-state index in [9.17, 15) is 9.59 Å². The zero-order valence-corrected chi connectivity index (χ0v) is 9.96. The summed E-state index contributed by atoms with van der Waals surface area (Å²) in [4.78, 5) is 24.6. The minimum atomic E-state index is -0.342. The lowest BCUT2D eigenvalue weighted by molar-refractivity contribution is -0.138. The molecular formula is C11H20N2O2. The number of amides is 1. The van der Waals surface area contributed by atoms with Gasteiger partial charge in [-0.2, -0.15) is 0 Å². The molecule has 1 heterocycles. The number of piperidine rings is 1. The number of hydrogen-bond donors (Lipinski definition) is 1. The fourth-order valence-corrected chi connectivity index (χ4v) is 2.62. The Morgan fingerprint density at radius 1 is 1.27 bits per heavy atom. The molecule has 0 spiro atoms. The molecule has 0 radical (unpaired) electrons. The molecule has 0 aromatic carbocycles. The highest BCUT2D eigenvalue weighted by molar-refractivity contribution is 5.82. The van der Waals surface area contributed by atoms with Crippen LogP contribution in [0.15, 0.2) is 0 Å². The van der Waals surface area contributed by atoms with Gasteiger partial charge in [-0.05, 0) is 27.7 Å². The van der Waals surface area contributed by atoms with Gasteiger partial charge in [0.25, 0.3) is 0 Å². The van der Waals surface area contributed by atoms with Gasteiger partial charge in [-0.15, -0.1) is 0 Å². The second kappa shape index (κ2) is 3.59. The number of ketones is 1. The topological polar surface area (TPSA) is 63.4 Å². The number of nitrogens with zero attached hydrogens (tertiary/aromatic N) is 1. The zero-order chi connectivity index (χ0) is 11.9. The van der Waals surface area contributed by atoms with Crippen molar-refractivity contribution < 1.29 is 9.59 Å². The van der Waals surface area contributed by atoms with Crippen LogP contribution in [0.25, 0.3) is 0 Å². The Hall–Kier alpha value is -0.900. The maximum atomic E-state index is 11.6. The fraction of sp³-hybridized carbons (Fsp3) is 0.818. The van der Waals surface area contributed by atoms with Crippen LogP contribution in [0.2, 0.25) is 0 Å². The van der Waals surface area contributed by atoms with Crippen molar-refractivity contribution in [2.75, 3.05) is 6.54 Å². The van der Waals surface area contributed by atoms with Crippen LogP contribution >= 0.6 is 0 Å². The molecule has 0 aromatic heterocycles. The lowest BCUT2D eigenvalue weighted by atomic mass is 9.79. The number of carbonyl (C=O) groups excluding carboxylic acids is 2. The number of carbonyl (C=O) groups is 2. The second-order valence-electron chi connectivity index (χ2n) is 5.57. The molecule has 0 unspecified atom stereocenters. The summed E-state index contributed by atoms with van der Waals surface area (Å²) in [6.45, 7) is 8.14. The van der Waals surface area contributed by atoms with E-state index in [0.29, 0.717) is 12.8 Å². The fourth-order valence-electron chi connectivity index (χ4n) is 2.62. The molecule has 4 nitrogen and oxygen atoms in total. The lowest BCUT2D eigenvalue weighted by Crippen LogP contribution is -2.62. The second-order valence-corrected chi connectivity index (χ2v) is 5.57. The van der Waals surface area contributed by atoms with Gasteiger partial charge in [0, 0.05) is 23.9 Å². The molecule has 0 aromatic rings. The average Bonchev–Trinajstić information content (AvgIpc) is 1.94. The van der Waals surface area contributed by atoms with Crippen molar-refractivity contribution in [1.82, 2.24) is 4.90 Å². The summed E-state index contributed by atoms with van der Waals surface area (Å²) in [6.07, 6.45) is 0.980. The molecule has 1 amide bonds. The number of hydrogen-bond acceptors (Lipinski definition) is 3. The highest BCUT2D eigenvalue weighted by Crippen LogP contribution is 2.35. The Morgan fingerprint density at radius 3 is 2.00 bits per heavy atom. The Bertz CT molecular complexity index is 275. The molecule has 1 rings (SSSR count). The highest BCUT2D eigenvalue weighted by Gasteiger charge is 2.45. The zero-order valence-electron chi connectivity index (χ0n) is 9.96. The number of nitrogens with two attached hydrogens (primary N) is 1. The summed E-state index contributed by atoms with van der Waals surface area (Å²) in [7, 11) is 0. The molecule has 1 saturated heterocycles. The highest BCUT2D eigenvalue weighted by atomic mass is 16.1. The molecule has 1 fully saturated rings. The first kappa shape index (κ1) is 12.2. The molecule has 4 heteroatoms. The van der Waals surface area contributed by atoms with E-state index in [-0.39, 0.29) is 29.3 Å². The smallest absolute Gasteiger partial charge is 0.231 e. The number of primary amides is 1. The third-order valence-electron chi connectivity index (χ3n) is 3.03. The maximum Gasteiger partial charge on any atom is 0.231 e. The summed E-state index contributed by atoms with van der Waals surface area (Å²) in [5.41, 5.74) is 4.67. The average molecular weight is 212 g/mol. The Balaban J connectivity index is 2.97. The van der Waals surface area contributed by atoms with E-state index < -0.39 is 0 Å². The first-order valence-corrected chi connectivity index (χ1v) is 5.23. The van der Waals surface area contributed by atoms with Gasteiger partial charge in [-0.25, -0.2) is 0 Å². The molecule has 2 N–H and O–H groups in total. The maximum absolute atomic E-state index is 11.6. The van der Waals surface area contributed by atoms with Gasteiger partial charge in [0.05, 0.1) is 6.54 Å². The normalized spacial score (nSPS) is 25.2. The summed E-state index contributed by atoms with van der Waals surface area (Å²) in [5.74, 6) is -0.0868. The third kappa shape index (κ3) is 2.56. The standard InChI is InChI=1S/C11H20N2O2/c1-10(2)5-8(14)6-11(3,4)13(10)7-9(12)15/h5-7H2,1-4H3,(H2,12,15). The summed E-state index contributed by atoms with van der Waals surface area (Å²) in [5, 5.41) is 0. The van der Waals surface area contributed by atoms with Gasteiger partial charge in [0.2, 0.25) is 5.91 Å². The SMILES string of the molecule is CC1(C)CC(=O)CC(C)(C)N1CC(N)=O. The Kier molecular flexibility index (Phi) is 2.92. The lowest BCUT2D eigenvalue weighted by Gasteiger charge is -2.51. The molecule has 1 aliphatic heterocycles. The summed E-state index contributed by atoms with van der Waals surface area (Å²) in [6, 6.07) is 0. The van der Waals surface area contributed by atoms with Crippen molar-refractivity contribution in [3.05, 3.63) is 0 Å². The molecular weight excluding hydrogens is 192 g/mol. The summed E-state index contributed by atoms with van der Waals surface area (Å²) < 4.78 is 0. The van der Waals surface area contributed by atoms with Crippen molar-refractivity contribution >= 4 is 11.7 Å². The first-order chi connectivity index (χ1) is 6.65. The van der Waals surface area contributed by atoms with E-state index in [1.807, 2.05) is 32.6 Å². The van der Waals surface area contributed by atoms with Crippen molar-refractivity contribution in [2.24, 2.45) is 5.73 Å². The van der Waals surface area contributed by atoms with Gasteiger partial charge in [-0.1, -0.05) is 0 Å². The van der Waals surface area contributed by atoms with Gasteiger partial charge in [0.1, 0.15) is 5.78 Å². The van der Waals surface area contributed by atoms with Gasteiger partial charge in [-0.3, -0.25) is 14.5 Å². The summed E-state index contributed by atoms with van der Waals surface area (Å²) >= 11 is 0. The molecule has 0 bridgehead atoms. The molecule has 1 aliphatic rings. The van der Waals surface area contributed by atoms with Crippen LogP contribution in [0.1, 0.15) is 40.5 Å². The van der Waals surface area contributed by atoms with Crippen LogP contribution in [-0.4, -0.2) is 34.2 Å². The van der Waals surface area contributed by atoms with Crippen molar-refractivity contribution in [3.8, 4) is 0 Å². The molecule has 15 heavy (non-hydrogen) atoms. The van der Waals surface area contributed by atoms with E-state index in [1.54, 1.807) is 0 Å². The quantitative estimate of drug-likeness (QED) is 0.732. The number of rotatable bonds is 2. The predicted molar refractivity (Wildman–Crippen MR) is 58.3 cm³/mol. The van der Waals surface area contributed by atoms with E-state index in [4.69, 9.17) is 5.73 Å². The van der Waals surface area contributed by atoms with Crippen molar-refractivity contribution in [3.63, 3.8) is 0 Å². The van der Waals surface area contributed by atoms with Crippen LogP contribution in [0, 0.1) is 0 Å². The van der Waals surface area contributed by atoms with E-state index >= 15 is 0 Å². The molecule has 86 valence electrons. The van der Waals surface area contributed by atoms with Crippen molar-refractivity contribution in [2.45, 2.75) is 51.6 Å². The molecule has 0 atom stereocenters. The van der Waals surface area contributed by atoms with E-state index in [1.165, 1.54) is 0 Å². The monoisotopic (exact) mass is 212 g/mol. The van der Waals surface area contributed by atoms with Crippen LogP contribution < -0.4 is 5.73 Å². The van der Waals surface area contributed by atoms with Gasteiger partial charge >= 0.3 is 0 Å². The molecule has 0 aliphatic carbocycles. The van der Waals surface area contributed by atoms with E-state index in [2.05, 4.69) is 0 Å².